The van der Waals surface area contributed by atoms with Crippen LogP contribution < -0.4 is 0 Å². The fraction of sp³-hybridized carbons (Fsp3) is 0.562. The Morgan fingerprint density at radius 2 is 1.92 bits per heavy atom. The number of aryl methyl sites for hydroxylation is 1. The van der Waals surface area contributed by atoms with Gasteiger partial charge >= 0.3 is 5.97 Å². The van der Waals surface area contributed by atoms with Gasteiger partial charge in [0.05, 0.1) is 11.6 Å². The zero-order valence-electron chi connectivity index (χ0n) is 22.4. The van der Waals surface area contributed by atoms with Crippen molar-refractivity contribution in [1.82, 2.24) is 14.3 Å². The fourth-order valence-corrected chi connectivity index (χ4v) is 7.53. The maximum atomic E-state index is 14.2. The number of aromatic nitrogens is 2. The van der Waals surface area contributed by atoms with Crippen LogP contribution in [0, 0.1) is 29.5 Å². The van der Waals surface area contributed by atoms with E-state index in [-0.39, 0.29) is 23.6 Å². The molecule has 0 spiro atoms. The van der Waals surface area contributed by atoms with Crippen molar-refractivity contribution < 1.29 is 14.3 Å². The number of benzene rings is 1. The molecular formula is C32H40FN3O2. The molecule has 3 fully saturated rings. The normalized spacial score (nSPS) is 25.7. The van der Waals surface area contributed by atoms with Crippen LogP contribution in [0.2, 0.25) is 0 Å². The van der Waals surface area contributed by atoms with Gasteiger partial charge in [0.2, 0.25) is 0 Å². The third-order valence-electron chi connectivity index (χ3n) is 9.62. The molecule has 4 atom stereocenters. The lowest BCUT2D eigenvalue weighted by Gasteiger charge is -2.35. The standard InChI is InChI=1S/C32H40FN3O2/c1-2-29-31(36-13-4-3-8-30(36)34-29)22-11-14-35(15-12-22)20-25-17-24(28(32(37)38)16-21-9-10-21)19-27(25)23-6-5-7-26(33)18-23/h3-8,13,18,21-22,24-25,27-28H,2,9-12,14-17,19-20H2,1H3,(H,37,38)/t24?,25-,27-,28?/m1/s1. The van der Waals surface area contributed by atoms with Crippen LogP contribution in [0.25, 0.3) is 5.65 Å². The quantitative estimate of drug-likeness (QED) is 0.351. The molecule has 38 heavy (non-hydrogen) atoms. The van der Waals surface area contributed by atoms with Gasteiger partial charge in [-0.1, -0.05) is 38.0 Å². The minimum Gasteiger partial charge on any atom is -0.481 e. The Kier molecular flexibility index (Phi) is 7.26. The Hall–Kier alpha value is -2.73. The SMILES string of the molecule is CCc1nc2ccccn2c1C1CCN(C[C@H]2CC(C(CC3CC3)C(=O)O)C[C@@H]2c2cccc(F)c2)CC1. The molecule has 0 bridgehead atoms. The lowest BCUT2D eigenvalue weighted by molar-refractivity contribution is -0.144. The van der Waals surface area contributed by atoms with Crippen LogP contribution >= 0.6 is 0 Å². The summed E-state index contributed by atoms with van der Waals surface area (Å²) >= 11 is 0. The number of likely N-dealkylation sites (tertiary alicyclic amines) is 1. The number of hydrogen-bond acceptors (Lipinski definition) is 3. The molecule has 3 aromatic rings. The Bertz CT molecular complexity index is 1280. The van der Waals surface area contributed by atoms with Crippen LogP contribution in [-0.2, 0) is 11.2 Å². The predicted molar refractivity (Wildman–Crippen MR) is 147 cm³/mol. The van der Waals surface area contributed by atoms with Gasteiger partial charge in [0.25, 0.3) is 0 Å². The first kappa shape index (κ1) is 25.5. The van der Waals surface area contributed by atoms with E-state index in [0.717, 1.165) is 69.4 Å². The molecule has 6 heteroatoms. The smallest absolute Gasteiger partial charge is 0.306 e. The molecule has 3 aliphatic rings. The van der Waals surface area contributed by atoms with Crippen LogP contribution in [0.15, 0.2) is 48.7 Å². The summed E-state index contributed by atoms with van der Waals surface area (Å²) in [6.45, 7) is 5.23. The van der Waals surface area contributed by atoms with E-state index in [2.05, 4.69) is 40.6 Å². The molecule has 1 N–H and O–H groups in total. The van der Waals surface area contributed by atoms with Crippen molar-refractivity contribution in [2.75, 3.05) is 19.6 Å². The topological polar surface area (TPSA) is 57.8 Å². The van der Waals surface area contributed by atoms with Crippen molar-refractivity contribution in [3.8, 4) is 0 Å². The highest BCUT2D eigenvalue weighted by atomic mass is 19.1. The number of hydrogen-bond donors (Lipinski definition) is 1. The zero-order chi connectivity index (χ0) is 26.2. The monoisotopic (exact) mass is 517 g/mol. The summed E-state index contributed by atoms with van der Waals surface area (Å²) in [5.74, 6) is 0.755. The van der Waals surface area contributed by atoms with E-state index in [1.54, 1.807) is 12.1 Å². The summed E-state index contributed by atoms with van der Waals surface area (Å²) in [6.07, 6.45) is 10.3. The molecule has 1 saturated heterocycles. The number of aliphatic carboxylic acids is 1. The van der Waals surface area contributed by atoms with E-state index < -0.39 is 5.97 Å². The highest BCUT2D eigenvalue weighted by Gasteiger charge is 2.43. The number of halogens is 1. The lowest BCUT2D eigenvalue weighted by atomic mass is 9.85. The number of carboxylic acid groups (broad SMARTS) is 1. The van der Waals surface area contributed by atoms with Gasteiger partial charge in [-0.05, 0) is 105 Å². The van der Waals surface area contributed by atoms with Gasteiger partial charge in [0.1, 0.15) is 11.5 Å². The van der Waals surface area contributed by atoms with E-state index in [9.17, 15) is 14.3 Å². The minimum atomic E-state index is -0.638. The fourth-order valence-electron chi connectivity index (χ4n) is 7.53. The van der Waals surface area contributed by atoms with E-state index in [0.29, 0.717) is 17.8 Å². The van der Waals surface area contributed by atoms with Gasteiger partial charge < -0.3 is 14.4 Å². The highest BCUT2D eigenvalue weighted by molar-refractivity contribution is 5.70. The van der Waals surface area contributed by atoms with Gasteiger partial charge in [-0.3, -0.25) is 4.79 Å². The molecule has 2 aromatic heterocycles. The summed E-state index contributed by atoms with van der Waals surface area (Å²) < 4.78 is 16.5. The number of carbonyl (C=O) groups is 1. The summed E-state index contributed by atoms with van der Waals surface area (Å²) in [5.41, 5.74) is 4.68. The largest absolute Gasteiger partial charge is 0.481 e. The van der Waals surface area contributed by atoms with E-state index in [1.165, 1.54) is 30.3 Å². The number of piperidine rings is 1. The number of pyridine rings is 1. The zero-order valence-corrected chi connectivity index (χ0v) is 22.4. The average molecular weight is 518 g/mol. The first-order chi connectivity index (χ1) is 18.5. The second-order valence-electron chi connectivity index (χ2n) is 12.1. The molecule has 1 aliphatic heterocycles. The third-order valence-corrected chi connectivity index (χ3v) is 9.62. The van der Waals surface area contributed by atoms with Gasteiger partial charge in [-0.2, -0.15) is 0 Å². The van der Waals surface area contributed by atoms with Gasteiger partial charge in [0, 0.05) is 24.4 Å². The second kappa shape index (κ2) is 10.8. The molecule has 202 valence electrons. The Balaban J connectivity index is 1.17. The van der Waals surface area contributed by atoms with Crippen LogP contribution in [0.5, 0.6) is 0 Å². The number of fused-ring (bicyclic) bond motifs is 1. The summed E-state index contributed by atoms with van der Waals surface area (Å²) in [6, 6.07) is 13.3. The maximum absolute atomic E-state index is 14.2. The Labute approximate surface area is 225 Å². The van der Waals surface area contributed by atoms with Crippen molar-refractivity contribution in [1.29, 1.82) is 0 Å². The molecule has 2 saturated carbocycles. The van der Waals surface area contributed by atoms with E-state index in [4.69, 9.17) is 4.98 Å². The van der Waals surface area contributed by atoms with E-state index >= 15 is 0 Å². The first-order valence-electron chi connectivity index (χ1n) is 14.7. The highest BCUT2D eigenvalue weighted by Crippen LogP contribution is 2.49. The maximum Gasteiger partial charge on any atom is 0.306 e. The van der Waals surface area contributed by atoms with Crippen molar-refractivity contribution >= 4 is 11.6 Å². The number of nitrogens with zero attached hydrogens (tertiary/aromatic N) is 3. The average Bonchev–Trinajstić information content (AvgIpc) is 3.53. The molecule has 6 rings (SSSR count). The molecule has 0 radical (unpaired) electrons. The Morgan fingerprint density at radius 3 is 2.63 bits per heavy atom. The summed E-state index contributed by atoms with van der Waals surface area (Å²) in [5, 5.41) is 10.1. The number of imidazole rings is 1. The first-order valence-corrected chi connectivity index (χ1v) is 14.7. The van der Waals surface area contributed by atoms with Crippen LogP contribution in [0.4, 0.5) is 4.39 Å². The molecule has 3 heterocycles. The van der Waals surface area contributed by atoms with E-state index in [1.807, 2.05) is 6.07 Å². The molecule has 1 aromatic carbocycles. The lowest BCUT2D eigenvalue weighted by Crippen LogP contribution is -2.37. The second-order valence-corrected chi connectivity index (χ2v) is 12.1. The van der Waals surface area contributed by atoms with Crippen molar-refractivity contribution in [3.63, 3.8) is 0 Å². The van der Waals surface area contributed by atoms with Crippen molar-refractivity contribution in [2.24, 2.45) is 23.7 Å². The van der Waals surface area contributed by atoms with Crippen molar-refractivity contribution in [2.45, 2.75) is 70.1 Å². The number of rotatable bonds is 9. The molecule has 5 nitrogen and oxygen atoms in total. The minimum absolute atomic E-state index is 0.175. The van der Waals surface area contributed by atoms with Crippen LogP contribution in [-0.4, -0.2) is 45.0 Å². The van der Waals surface area contributed by atoms with Crippen LogP contribution in [0.3, 0.4) is 0 Å². The molecule has 0 amide bonds. The van der Waals surface area contributed by atoms with Crippen molar-refractivity contribution in [3.05, 3.63) is 71.4 Å². The predicted octanol–water partition coefficient (Wildman–Crippen LogP) is 6.53. The molecular weight excluding hydrogens is 477 g/mol. The summed E-state index contributed by atoms with van der Waals surface area (Å²) in [7, 11) is 0. The van der Waals surface area contributed by atoms with Crippen LogP contribution in [0.1, 0.15) is 80.7 Å². The molecule has 2 aliphatic carbocycles. The number of carboxylic acids is 1. The third kappa shape index (κ3) is 5.25. The van der Waals surface area contributed by atoms with Gasteiger partial charge in [-0.15, -0.1) is 0 Å². The summed E-state index contributed by atoms with van der Waals surface area (Å²) in [4.78, 5) is 19.7. The van der Waals surface area contributed by atoms with Gasteiger partial charge in [-0.25, -0.2) is 9.37 Å². The Morgan fingerprint density at radius 1 is 1.11 bits per heavy atom. The van der Waals surface area contributed by atoms with Gasteiger partial charge in [0.15, 0.2) is 0 Å². The molecule has 2 unspecified atom stereocenters.